The molecule has 2 rings (SSSR count). The lowest BCUT2D eigenvalue weighted by Crippen LogP contribution is -2.18. The standard InChI is InChI=1S/C14H20N2O/c1-3-16-11-12(10-15-8-9-17-2)13-6-4-5-7-14(13)16/h4-7,11,15H,3,8-10H2,1-2H3. The molecule has 0 aliphatic rings. The minimum absolute atomic E-state index is 0.756. The fourth-order valence-electron chi connectivity index (χ4n) is 2.12. The first kappa shape index (κ1) is 12.1. The molecule has 0 aliphatic heterocycles. The number of aryl methyl sites for hydroxylation is 1. The lowest BCUT2D eigenvalue weighted by Gasteiger charge is -2.02. The Labute approximate surface area is 102 Å². The van der Waals surface area contributed by atoms with Crippen LogP contribution in [-0.2, 0) is 17.8 Å². The summed E-state index contributed by atoms with van der Waals surface area (Å²) in [6, 6.07) is 8.56. The van der Waals surface area contributed by atoms with Gasteiger partial charge < -0.3 is 14.6 Å². The van der Waals surface area contributed by atoms with Gasteiger partial charge in [-0.25, -0.2) is 0 Å². The van der Waals surface area contributed by atoms with Gasteiger partial charge in [-0.05, 0) is 18.6 Å². The van der Waals surface area contributed by atoms with Crippen molar-refractivity contribution in [2.45, 2.75) is 20.0 Å². The summed E-state index contributed by atoms with van der Waals surface area (Å²) in [5.74, 6) is 0. The molecule has 17 heavy (non-hydrogen) atoms. The fraction of sp³-hybridized carbons (Fsp3) is 0.429. The lowest BCUT2D eigenvalue weighted by molar-refractivity contribution is 0.199. The fourth-order valence-corrected chi connectivity index (χ4v) is 2.12. The highest BCUT2D eigenvalue weighted by molar-refractivity contribution is 5.83. The van der Waals surface area contributed by atoms with E-state index in [1.54, 1.807) is 7.11 Å². The molecule has 0 saturated heterocycles. The molecule has 0 fully saturated rings. The van der Waals surface area contributed by atoms with E-state index in [2.05, 4.69) is 47.3 Å². The van der Waals surface area contributed by atoms with Gasteiger partial charge in [0.05, 0.1) is 6.61 Å². The maximum Gasteiger partial charge on any atom is 0.0587 e. The Morgan fingerprint density at radius 1 is 1.29 bits per heavy atom. The van der Waals surface area contributed by atoms with Crippen molar-refractivity contribution >= 4 is 10.9 Å². The molecule has 3 heteroatoms. The molecular weight excluding hydrogens is 212 g/mol. The average Bonchev–Trinajstić information content (AvgIpc) is 2.73. The Kier molecular flexibility index (Phi) is 4.18. The molecule has 92 valence electrons. The minimum Gasteiger partial charge on any atom is -0.383 e. The molecule has 0 amide bonds. The molecule has 0 bridgehead atoms. The third-order valence-electron chi connectivity index (χ3n) is 3.01. The van der Waals surface area contributed by atoms with Gasteiger partial charge in [0.25, 0.3) is 0 Å². The Morgan fingerprint density at radius 3 is 2.88 bits per heavy atom. The summed E-state index contributed by atoms with van der Waals surface area (Å²) >= 11 is 0. The van der Waals surface area contributed by atoms with E-state index in [0.717, 1.165) is 26.2 Å². The number of methoxy groups -OCH3 is 1. The summed E-state index contributed by atoms with van der Waals surface area (Å²) in [5, 5.41) is 4.74. The van der Waals surface area contributed by atoms with Crippen molar-refractivity contribution in [3.63, 3.8) is 0 Å². The molecule has 1 aromatic carbocycles. The molecule has 3 nitrogen and oxygen atoms in total. The number of nitrogens with zero attached hydrogens (tertiary/aromatic N) is 1. The highest BCUT2D eigenvalue weighted by Crippen LogP contribution is 2.20. The van der Waals surface area contributed by atoms with Crippen LogP contribution in [0, 0.1) is 0 Å². The second-order valence-corrected chi connectivity index (χ2v) is 4.13. The SMILES string of the molecule is CCn1cc(CNCCOC)c2ccccc21. The third kappa shape index (κ3) is 2.68. The number of fused-ring (bicyclic) bond motifs is 1. The summed E-state index contributed by atoms with van der Waals surface area (Å²) in [7, 11) is 1.73. The van der Waals surface area contributed by atoms with Gasteiger partial charge in [0.2, 0.25) is 0 Å². The number of hydrogen-bond acceptors (Lipinski definition) is 2. The predicted octanol–water partition coefficient (Wildman–Crippen LogP) is 2.40. The normalized spacial score (nSPS) is 11.2. The van der Waals surface area contributed by atoms with Crippen LogP contribution in [-0.4, -0.2) is 24.8 Å². The second kappa shape index (κ2) is 5.84. The first-order chi connectivity index (χ1) is 8.36. The lowest BCUT2D eigenvalue weighted by atomic mass is 10.2. The zero-order valence-electron chi connectivity index (χ0n) is 10.6. The van der Waals surface area contributed by atoms with Gasteiger partial charge in [0.15, 0.2) is 0 Å². The van der Waals surface area contributed by atoms with E-state index in [0.29, 0.717) is 0 Å². The Hall–Kier alpha value is -1.32. The van der Waals surface area contributed by atoms with Crippen LogP contribution in [0.3, 0.4) is 0 Å². The van der Waals surface area contributed by atoms with Crippen LogP contribution in [0.5, 0.6) is 0 Å². The van der Waals surface area contributed by atoms with Crippen LogP contribution < -0.4 is 5.32 Å². The highest BCUT2D eigenvalue weighted by Gasteiger charge is 2.05. The van der Waals surface area contributed by atoms with E-state index in [9.17, 15) is 0 Å². The first-order valence-electron chi connectivity index (χ1n) is 6.13. The van der Waals surface area contributed by atoms with Gasteiger partial charge in [0, 0.05) is 43.8 Å². The highest BCUT2D eigenvalue weighted by atomic mass is 16.5. The molecule has 0 unspecified atom stereocenters. The Bertz CT molecular complexity index is 476. The molecule has 1 aromatic heterocycles. The topological polar surface area (TPSA) is 26.2 Å². The Balaban J connectivity index is 2.16. The van der Waals surface area contributed by atoms with Crippen molar-refractivity contribution < 1.29 is 4.74 Å². The van der Waals surface area contributed by atoms with Crippen LogP contribution in [0.2, 0.25) is 0 Å². The average molecular weight is 232 g/mol. The van der Waals surface area contributed by atoms with Crippen molar-refractivity contribution in [1.82, 2.24) is 9.88 Å². The Morgan fingerprint density at radius 2 is 2.12 bits per heavy atom. The maximum absolute atomic E-state index is 5.03. The van der Waals surface area contributed by atoms with Crippen LogP contribution >= 0.6 is 0 Å². The number of ether oxygens (including phenoxy) is 1. The molecule has 0 aliphatic carbocycles. The number of benzene rings is 1. The smallest absolute Gasteiger partial charge is 0.0587 e. The van der Waals surface area contributed by atoms with E-state index < -0.39 is 0 Å². The largest absolute Gasteiger partial charge is 0.383 e. The van der Waals surface area contributed by atoms with Gasteiger partial charge in [0.1, 0.15) is 0 Å². The first-order valence-corrected chi connectivity index (χ1v) is 6.13. The van der Waals surface area contributed by atoms with E-state index in [1.807, 2.05) is 0 Å². The quantitative estimate of drug-likeness (QED) is 0.774. The van der Waals surface area contributed by atoms with E-state index in [4.69, 9.17) is 4.74 Å². The summed E-state index contributed by atoms with van der Waals surface area (Å²) in [4.78, 5) is 0. The van der Waals surface area contributed by atoms with Crippen molar-refractivity contribution in [1.29, 1.82) is 0 Å². The predicted molar refractivity (Wildman–Crippen MR) is 71.2 cm³/mol. The monoisotopic (exact) mass is 232 g/mol. The summed E-state index contributed by atoms with van der Waals surface area (Å²) < 4.78 is 7.32. The minimum atomic E-state index is 0.756. The molecule has 0 radical (unpaired) electrons. The molecule has 0 atom stereocenters. The summed E-state index contributed by atoms with van der Waals surface area (Å²) in [6.07, 6.45) is 2.24. The zero-order valence-corrected chi connectivity index (χ0v) is 10.6. The molecule has 0 spiro atoms. The van der Waals surface area contributed by atoms with E-state index in [1.165, 1.54) is 16.5 Å². The van der Waals surface area contributed by atoms with Crippen LogP contribution in [0.15, 0.2) is 30.5 Å². The molecule has 1 heterocycles. The van der Waals surface area contributed by atoms with Gasteiger partial charge in [-0.1, -0.05) is 18.2 Å². The van der Waals surface area contributed by atoms with Crippen molar-refractivity contribution in [3.05, 3.63) is 36.0 Å². The van der Waals surface area contributed by atoms with Crippen molar-refractivity contribution in [2.24, 2.45) is 0 Å². The van der Waals surface area contributed by atoms with Gasteiger partial charge in [-0.15, -0.1) is 0 Å². The van der Waals surface area contributed by atoms with Gasteiger partial charge in [-0.3, -0.25) is 0 Å². The van der Waals surface area contributed by atoms with Crippen molar-refractivity contribution in [3.8, 4) is 0 Å². The number of rotatable bonds is 6. The third-order valence-corrected chi connectivity index (χ3v) is 3.01. The number of nitrogens with one attached hydrogen (secondary N) is 1. The number of aromatic nitrogens is 1. The van der Waals surface area contributed by atoms with Gasteiger partial charge >= 0.3 is 0 Å². The van der Waals surface area contributed by atoms with Crippen LogP contribution in [0.25, 0.3) is 10.9 Å². The van der Waals surface area contributed by atoms with Crippen molar-refractivity contribution in [2.75, 3.05) is 20.3 Å². The second-order valence-electron chi connectivity index (χ2n) is 4.13. The number of hydrogen-bond donors (Lipinski definition) is 1. The van der Waals surface area contributed by atoms with E-state index in [-0.39, 0.29) is 0 Å². The summed E-state index contributed by atoms with van der Waals surface area (Å²) in [6.45, 7) is 5.73. The van der Waals surface area contributed by atoms with E-state index >= 15 is 0 Å². The maximum atomic E-state index is 5.03. The summed E-state index contributed by atoms with van der Waals surface area (Å²) in [5.41, 5.74) is 2.68. The molecule has 2 aromatic rings. The molecule has 0 saturated carbocycles. The molecular formula is C14H20N2O. The van der Waals surface area contributed by atoms with Gasteiger partial charge in [-0.2, -0.15) is 0 Å². The van der Waals surface area contributed by atoms with Crippen LogP contribution in [0.4, 0.5) is 0 Å². The number of para-hydroxylation sites is 1. The molecule has 1 N–H and O–H groups in total. The van der Waals surface area contributed by atoms with Crippen LogP contribution in [0.1, 0.15) is 12.5 Å². The zero-order chi connectivity index (χ0) is 12.1.